The van der Waals surface area contributed by atoms with Crippen molar-refractivity contribution >= 4 is 22.9 Å². The van der Waals surface area contributed by atoms with Crippen LogP contribution in [0.25, 0.3) is 11.3 Å². The number of hydrogen-bond donors (Lipinski definition) is 1. The average Bonchev–Trinajstić information content (AvgIpc) is 3.37. The highest BCUT2D eigenvalue weighted by molar-refractivity contribution is 6.36. The molecule has 0 aliphatic carbocycles. The second-order valence-corrected chi connectivity index (χ2v) is 8.61. The van der Waals surface area contributed by atoms with E-state index in [2.05, 4.69) is 33.3 Å². The standard InChI is InChI=1S/C26H31N3O3/c1-2-31-16-15-29-13-11-28(12-14-29)10-9-19-7-8-21-20(17-19)18-32-25(21)24-22-5-3-4-6-23(22)27-26(24)30/h3-8,17H,2,9-16,18H2,1H3,(H,27,30)/b25-24+. The summed E-state index contributed by atoms with van der Waals surface area (Å²) >= 11 is 0. The molecule has 6 heteroatoms. The Kier molecular flexibility index (Phi) is 6.26. The van der Waals surface area contributed by atoms with Gasteiger partial charge in [-0.15, -0.1) is 0 Å². The number of anilines is 1. The minimum Gasteiger partial charge on any atom is -0.487 e. The van der Waals surface area contributed by atoms with Gasteiger partial charge in [0.25, 0.3) is 5.91 Å². The van der Waals surface area contributed by atoms with Crippen LogP contribution in [0.3, 0.4) is 0 Å². The van der Waals surface area contributed by atoms with Gasteiger partial charge in [-0.05, 0) is 25.0 Å². The van der Waals surface area contributed by atoms with Gasteiger partial charge in [-0.2, -0.15) is 0 Å². The average molecular weight is 434 g/mol. The maximum atomic E-state index is 12.6. The van der Waals surface area contributed by atoms with Gasteiger partial charge in [0.15, 0.2) is 0 Å². The van der Waals surface area contributed by atoms with E-state index in [1.54, 1.807) is 0 Å². The van der Waals surface area contributed by atoms with Gasteiger partial charge in [0, 0.05) is 68.3 Å². The summed E-state index contributed by atoms with van der Waals surface area (Å²) < 4.78 is 11.5. The summed E-state index contributed by atoms with van der Waals surface area (Å²) in [5.41, 5.74) is 5.96. The van der Waals surface area contributed by atoms with Gasteiger partial charge in [0.05, 0.1) is 12.2 Å². The number of ether oxygens (including phenoxy) is 2. The number of nitrogens with one attached hydrogen (secondary N) is 1. The van der Waals surface area contributed by atoms with Crippen LogP contribution in [0.15, 0.2) is 42.5 Å². The lowest BCUT2D eigenvalue weighted by molar-refractivity contribution is -0.110. The molecule has 0 saturated carbocycles. The maximum absolute atomic E-state index is 12.6. The molecule has 0 atom stereocenters. The zero-order valence-corrected chi connectivity index (χ0v) is 18.7. The molecular formula is C26H31N3O3. The second kappa shape index (κ2) is 9.45. The first-order chi connectivity index (χ1) is 15.7. The number of fused-ring (bicyclic) bond motifs is 2. The summed E-state index contributed by atoms with van der Waals surface area (Å²) in [6, 6.07) is 14.4. The largest absolute Gasteiger partial charge is 0.487 e. The molecular weight excluding hydrogens is 402 g/mol. The highest BCUT2D eigenvalue weighted by atomic mass is 16.5. The van der Waals surface area contributed by atoms with Crippen LogP contribution in [0.4, 0.5) is 5.69 Å². The van der Waals surface area contributed by atoms with Crippen molar-refractivity contribution in [2.75, 3.05) is 57.8 Å². The second-order valence-electron chi connectivity index (χ2n) is 8.61. The molecule has 0 radical (unpaired) electrons. The van der Waals surface area contributed by atoms with Crippen LogP contribution < -0.4 is 5.32 Å². The first kappa shape index (κ1) is 21.2. The lowest BCUT2D eigenvalue weighted by Gasteiger charge is -2.34. The Bertz CT molecular complexity index is 1020. The molecule has 0 aromatic heterocycles. The van der Waals surface area contributed by atoms with Crippen LogP contribution in [0.5, 0.6) is 0 Å². The summed E-state index contributed by atoms with van der Waals surface area (Å²) in [4.78, 5) is 17.6. The summed E-state index contributed by atoms with van der Waals surface area (Å²) in [6.07, 6.45) is 1.03. The number of piperazine rings is 1. The highest BCUT2D eigenvalue weighted by Gasteiger charge is 2.32. The topological polar surface area (TPSA) is 54.0 Å². The Morgan fingerprint density at radius 3 is 2.59 bits per heavy atom. The van der Waals surface area contributed by atoms with Gasteiger partial charge in [0.1, 0.15) is 12.4 Å². The van der Waals surface area contributed by atoms with Gasteiger partial charge in [-0.25, -0.2) is 0 Å². The van der Waals surface area contributed by atoms with E-state index in [-0.39, 0.29) is 5.91 Å². The Balaban J connectivity index is 1.22. The lowest BCUT2D eigenvalue weighted by atomic mass is 9.98. The van der Waals surface area contributed by atoms with Crippen molar-refractivity contribution in [3.63, 3.8) is 0 Å². The minimum absolute atomic E-state index is 0.0847. The molecule has 1 saturated heterocycles. The van der Waals surface area contributed by atoms with Crippen LogP contribution in [0, 0.1) is 0 Å². The van der Waals surface area contributed by atoms with Crippen molar-refractivity contribution in [2.45, 2.75) is 20.0 Å². The number of nitrogens with zero attached hydrogens (tertiary/aromatic N) is 2. The van der Waals surface area contributed by atoms with Crippen molar-refractivity contribution in [2.24, 2.45) is 0 Å². The van der Waals surface area contributed by atoms with E-state index in [1.165, 1.54) is 11.1 Å². The molecule has 1 fully saturated rings. The van der Waals surface area contributed by atoms with Crippen molar-refractivity contribution in [1.29, 1.82) is 0 Å². The van der Waals surface area contributed by atoms with Crippen molar-refractivity contribution in [3.8, 4) is 0 Å². The van der Waals surface area contributed by atoms with E-state index in [0.717, 1.165) is 75.7 Å². The zero-order chi connectivity index (χ0) is 21.9. The fourth-order valence-electron chi connectivity index (χ4n) is 4.78. The first-order valence-corrected chi connectivity index (χ1v) is 11.7. The fraction of sp³-hybridized carbons (Fsp3) is 0.423. The first-order valence-electron chi connectivity index (χ1n) is 11.7. The summed E-state index contributed by atoms with van der Waals surface area (Å²) in [5, 5.41) is 2.95. The van der Waals surface area contributed by atoms with E-state index in [1.807, 2.05) is 31.2 Å². The zero-order valence-electron chi connectivity index (χ0n) is 18.7. The number of carbonyl (C=O) groups excluding carboxylic acids is 1. The van der Waals surface area contributed by atoms with Gasteiger partial charge in [-0.3, -0.25) is 9.69 Å². The van der Waals surface area contributed by atoms with Crippen LogP contribution in [0.2, 0.25) is 0 Å². The van der Waals surface area contributed by atoms with E-state index in [4.69, 9.17) is 9.47 Å². The van der Waals surface area contributed by atoms with Gasteiger partial charge < -0.3 is 19.7 Å². The van der Waals surface area contributed by atoms with Crippen LogP contribution in [-0.2, 0) is 27.3 Å². The Labute approximate surface area is 189 Å². The molecule has 0 spiro atoms. The Hall–Kier alpha value is -2.67. The molecule has 6 nitrogen and oxygen atoms in total. The number of para-hydroxylation sites is 1. The van der Waals surface area contributed by atoms with Crippen LogP contribution in [0.1, 0.15) is 29.2 Å². The molecule has 2 aromatic rings. The molecule has 2 aromatic carbocycles. The predicted molar refractivity (Wildman–Crippen MR) is 126 cm³/mol. The lowest BCUT2D eigenvalue weighted by Crippen LogP contribution is -2.47. The third-order valence-corrected chi connectivity index (χ3v) is 6.62. The molecule has 1 N–H and O–H groups in total. The Morgan fingerprint density at radius 1 is 1.00 bits per heavy atom. The van der Waals surface area contributed by atoms with Crippen molar-refractivity contribution in [3.05, 3.63) is 64.7 Å². The van der Waals surface area contributed by atoms with E-state index < -0.39 is 0 Å². The number of benzene rings is 2. The van der Waals surface area contributed by atoms with E-state index in [0.29, 0.717) is 17.9 Å². The number of amides is 1. The number of carbonyl (C=O) groups is 1. The van der Waals surface area contributed by atoms with Gasteiger partial charge in [-0.1, -0.05) is 36.4 Å². The molecule has 3 aliphatic rings. The quantitative estimate of drug-likeness (QED) is 0.537. The normalized spacial score (nSPS) is 20.7. The highest BCUT2D eigenvalue weighted by Crippen LogP contribution is 2.41. The van der Waals surface area contributed by atoms with Crippen molar-refractivity contribution in [1.82, 2.24) is 9.80 Å². The molecule has 0 bridgehead atoms. The monoisotopic (exact) mass is 433 g/mol. The smallest absolute Gasteiger partial charge is 0.260 e. The molecule has 0 unspecified atom stereocenters. The Morgan fingerprint density at radius 2 is 1.78 bits per heavy atom. The third kappa shape index (κ3) is 4.31. The molecule has 3 heterocycles. The molecule has 3 aliphatic heterocycles. The van der Waals surface area contributed by atoms with Crippen molar-refractivity contribution < 1.29 is 14.3 Å². The van der Waals surface area contributed by atoms with Gasteiger partial charge >= 0.3 is 0 Å². The molecule has 5 rings (SSSR count). The van der Waals surface area contributed by atoms with Gasteiger partial charge in [0.2, 0.25) is 0 Å². The molecule has 32 heavy (non-hydrogen) atoms. The third-order valence-electron chi connectivity index (χ3n) is 6.62. The van der Waals surface area contributed by atoms with Crippen LogP contribution >= 0.6 is 0 Å². The fourth-order valence-corrected chi connectivity index (χ4v) is 4.78. The summed E-state index contributed by atoms with van der Waals surface area (Å²) in [5.74, 6) is 0.621. The number of hydrogen-bond acceptors (Lipinski definition) is 5. The van der Waals surface area contributed by atoms with E-state index >= 15 is 0 Å². The summed E-state index contributed by atoms with van der Waals surface area (Å²) in [6.45, 7) is 10.8. The summed E-state index contributed by atoms with van der Waals surface area (Å²) in [7, 11) is 0. The maximum Gasteiger partial charge on any atom is 0.260 e. The molecule has 1 amide bonds. The SMILES string of the molecule is CCOCCN1CCN(CCc2ccc3c(c2)CO/C3=C2/C(=O)Nc3ccccc32)CC1. The molecule has 168 valence electrons. The van der Waals surface area contributed by atoms with E-state index in [9.17, 15) is 4.79 Å². The van der Waals surface area contributed by atoms with Crippen LogP contribution in [-0.4, -0.2) is 68.2 Å². The number of rotatable bonds is 7. The predicted octanol–water partition coefficient (Wildman–Crippen LogP) is 3.23. The minimum atomic E-state index is -0.0847.